The smallest absolute Gasteiger partial charge is 0.663 e. The average Bonchev–Trinajstić information content (AvgIpc) is 3.03. The molecule has 0 fully saturated rings. The maximum Gasteiger partial charge on any atom is 2.00 e. The van der Waals surface area contributed by atoms with Crippen molar-refractivity contribution in [3.8, 4) is 0 Å². The van der Waals surface area contributed by atoms with Gasteiger partial charge in [0.15, 0.2) is 0 Å². The quantitative estimate of drug-likeness (QED) is 0.417. The number of fused-ring (bicyclic) bond motifs is 1. The molecule has 0 aliphatic carbocycles. The molecule has 27 heavy (non-hydrogen) atoms. The van der Waals surface area contributed by atoms with Crippen LogP contribution in [0.25, 0.3) is 16.7 Å². The first-order valence-corrected chi connectivity index (χ1v) is 6.90. The van der Waals surface area contributed by atoms with Gasteiger partial charge in [-0.05, 0) is 32.0 Å². The third kappa shape index (κ3) is 8.00. The Balaban J connectivity index is -0.000000372. The molecule has 2 N–H and O–H groups in total. The summed E-state index contributed by atoms with van der Waals surface area (Å²) in [6, 6.07) is 4.90. The first-order chi connectivity index (χ1) is 10.9. The van der Waals surface area contributed by atoms with Gasteiger partial charge in [0.25, 0.3) is 0 Å². The van der Waals surface area contributed by atoms with Crippen molar-refractivity contribution in [1.82, 2.24) is 4.98 Å². The molecule has 0 radical (unpaired) electrons. The SMILES string of the molecule is Cc1cc(C([NH-])=O)c(CCO)o1.Cc1cc2c(=O)[n-]ccc2o1.[CH3-].[CH3-].[W+2].[W+2]. The molecule has 0 spiro atoms. The van der Waals surface area contributed by atoms with Gasteiger partial charge in [0.05, 0.1) is 18.1 Å². The fourth-order valence-corrected chi connectivity index (χ4v) is 2.11. The van der Waals surface area contributed by atoms with Gasteiger partial charge in [0.1, 0.15) is 22.9 Å². The van der Waals surface area contributed by atoms with E-state index in [1.54, 1.807) is 26.0 Å². The zero-order valence-corrected chi connectivity index (χ0v) is 21.4. The summed E-state index contributed by atoms with van der Waals surface area (Å²) in [5, 5.41) is 9.16. The van der Waals surface area contributed by atoms with E-state index in [4.69, 9.17) is 19.7 Å². The number of furan rings is 2. The number of aryl methyl sites for hydroxylation is 2. The third-order valence-electron chi connectivity index (χ3n) is 3.05. The molecular weight excluding hydrogens is 692 g/mol. The number of pyridine rings is 1. The number of hydrogen-bond acceptors (Lipinski definition) is 5. The van der Waals surface area contributed by atoms with E-state index in [0.717, 1.165) is 5.76 Å². The van der Waals surface area contributed by atoms with Crippen LogP contribution < -0.4 is 10.5 Å². The van der Waals surface area contributed by atoms with E-state index in [2.05, 4.69) is 4.98 Å². The standard InChI is InChI=1S/C8H11NO3.C8H7NO2.2CH3.2W/c1-5-4-6(8(9)11)7(12-5)2-3-10;1-5-4-6-7(11-5)2-3-9-8(6)10;;;;/h4,10H,2-3H2,1H3,(H2,9,11);2-4H,1H3,(H,9,10);2*1H3;;/q;;2*-1;2*+2/p-2. The summed E-state index contributed by atoms with van der Waals surface area (Å²) in [6.07, 6.45) is 1.74. The number of carbonyl (C=O) groups is 1. The van der Waals surface area contributed by atoms with E-state index in [9.17, 15) is 9.59 Å². The summed E-state index contributed by atoms with van der Waals surface area (Å²) in [4.78, 5) is 25.3. The molecule has 0 aromatic carbocycles. The number of aromatic nitrogens is 1. The third-order valence-corrected chi connectivity index (χ3v) is 3.05. The van der Waals surface area contributed by atoms with E-state index in [1.807, 2.05) is 0 Å². The van der Waals surface area contributed by atoms with Crippen LogP contribution in [0.5, 0.6) is 0 Å². The van der Waals surface area contributed by atoms with Crippen molar-refractivity contribution >= 4 is 16.9 Å². The molecule has 0 unspecified atom stereocenters. The predicted octanol–water partition coefficient (Wildman–Crippen LogP) is 3.27. The van der Waals surface area contributed by atoms with Crippen molar-refractivity contribution in [1.29, 1.82) is 0 Å². The minimum Gasteiger partial charge on any atom is -0.663 e. The number of aliphatic hydroxyl groups excluding tert-OH is 1. The first-order valence-electron chi connectivity index (χ1n) is 6.90. The largest absolute Gasteiger partial charge is 2.00 e. The van der Waals surface area contributed by atoms with Gasteiger partial charge < -0.3 is 49.1 Å². The minimum atomic E-state index is -0.768. The van der Waals surface area contributed by atoms with E-state index in [1.165, 1.54) is 12.3 Å². The molecule has 0 aliphatic rings. The summed E-state index contributed by atoms with van der Waals surface area (Å²) in [5.74, 6) is 0.962. The molecule has 146 valence electrons. The number of hydrogen-bond donors (Lipinski definition) is 1. The molecule has 0 aliphatic heterocycles. The normalized spacial score (nSPS) is 8.85. The second kappa shape index (κ2) is 13.7. The predicted molar refractivity (Wildman–Crippen MR) is 96.3 cm³/mol. The molecule has 1 amide bonds. The number of nitrogens with zero attached hydrogens (tertiary/aromatic N) is 1. The Labute approximate surface area is 187 Å². The Hall–Kier alpha value is -1.42. The molecule has 3 heterocycles. The molecule has 7 nitrogen and oxygen atoms in total. The number of rotatable bonds is 3. The Kier molecular flexibility index (Phi) is 15.4. The molecule has 3 aromatic heterocycles. The first kappa shape index (κ1) is 30.3. The molecule has 3 aromatic rings. The molecule has 0 saturated heterocycles. The summed E-state index contributed by atoms with van der Waals surface area (Å²) in [6.45, 7) is 3.43. The summed E-state index contributed by atoms with van der Waals surface area (Å²) in [7, 11) is 0. The Bertz CT molecular complexity index is 883. The minimum absolute atomic E-state index is 0. The van der Waals surface area contributed by atoms with Crippen LogP contribution in [0.1, 0.15) is 27.6 Å². The van der Waals surface area contributed by atoms with Crippen molar-refractivity contribution in [2.75, 3.05) is 6.61 Å². The van der Waals surface area contributed by atoms with Gasteiger partial charge >= 0.3 is 42.1 Å². The van der Waals surface area contributed by atoms with Gasteiger partial charge in [0.2, 0.25) is 0 Å². The van der Waals surface area contributed by atoms with E-state index >= 15 is 0 Å². The van der Waals surface area contributed by atoms with E-state index in [0.29, 0.717) is 22.5 Å². The molecule has 0 saturated carbocycles. The van der Waals surface area contributed by atoms with Crippen molar-refractivity contribution < 1.29 is 60.9 Å². The van der Waals surface area contributed by atoms with Crippen LogP contribution in [0.15, 0.2) is 38.0 Å². The fourth-order valence-electron chi connectivity index (χ4n) is 2.11. The maximum atomic E-state index is 11.0. The number of amides is 1. The molecule has 3 rings (SSSR count). The van der Waals surface area contributed by atoms with Crippen molar-refractivity contribution in [2.24, 2.45) is 0 Å². The van der Waals surface area contributed by atoms with Gasteiger partial charge in [-0.1, -0.05) is 0 Å². The van der Waals surface area contributed by atoms with Crippen LogP contribution in [0.4, 0.5) is 0 Å². The van der Waals surface area contributed by atoms with Gasteiger partial charge in [-0.25, -0.2) is 0 Å². The number of aliphatic hydroxyl groups is 1. The van der Waals surface area contributed by atoms with Crippen LogP contribution in [0.3, 0.4) is 0 Å². The molecule has 9 heteroatoms. The summed E-state index contributed by atoms with van der Waals surface area (Å²) in [5.41, 5.74) is 7.51. The maximum absolute atomic E-state index is 11.0. The summed E-state index contributed by atoms with van der Waals surface area (Å²) < 4.78 is 10.3. The monoisotopic (exact) mass is 714 g/mol. The number of carbonyl (C=O) groups excluding carboxylic acids is 1. The Morgan fingerprint density at radius 2 is 1.74 bits per heavy atom. The Morgan fingerprint density at radius 3 is 2.26 bits per heavy atom. The van der Waals surface area contributed by atoms with Crippen LogP contribution in [0.2, 0.25) is 0 Å². The van der Waals surface area contributed by atoms with E-state index in [-0.39, 0.29) is 81.1 Å². The van der Waals surface area contributed by atoms with Gasteiger partial charge in [-0.3, -0.25) is 0 Å². The number of nitrogens with one attached hydrogen (secondary N) is 1. The van der Waals surface area contributed by atoms with E-state index < -0.39 is 5.91 Å². The molecular formula is C18H22N2O5W2. The van der Waals surface area contributed by atoms with Gasteiger partial charge in [0, 0.05) is 17.4 Å². The van der Waals surface area contributed by atoms with Crippen molar-refractivity contribution in [2.45, 2.75) is 20.3 Å². The van der Waals surface area contributed by atoms with Crippen molar-refractivity contribution in [3.63, 3.8) is 0 Å². The molecule has 0 bridgehead atoms. The Morgan fingerprint density at radius 1 is 1.15 bits per heavy atom. The zero-order chi connectivity index (χ0) is 17.0. The second-order valence-corrected chi connectivity index (χ2v) is 4.88. The van der Waals surface area contributed by atoms with Crippen molar-refractivity contribution in [3.05, 3.63) is 78.2 Å². The van der Waals surface area contributed by atoms with Crippen LogP contribution in [-0.4, -0.2) is 17.6 Å². The topological polar surface area (TPSA) is 119 Å². The fraction of sp³-hybridized carbons (Fsp3) is 0.222. The van der Waals surface area contributed by atoms with Gasteiger partial charge in [-0.15, -0.1) is 0 Å². The average molecular weight is 714 g/mol. The zero-order valence-electron chi connectivity index (χ0n) is 15.6. The van der Waals surface area contributed by atoms with Crippen LogP contribution in [-0.2, 0) is 48.6 Å². The summed E-state index contributed by atoms with van der Waals surface area (Å²) >= 11 is 0. The molecule has 0 atom stereocenters. The van der Waals surface area contributed by atoms with Crippen LogP contribution in [0, 0.1) is 28.7 Å². The second-order valence-electron chi connectivity index (χ2n) is 4.88. The van der Waals surface area contributed by atoms with Gasteiger partial charge in [-0.2, -0.15) is 6.20 Å². The van der Waals surface area contributed by atoms with Crippen LogP contribution >= 0.6 is 0 Å².